The van der Waals surface area contributed by atoms with Crippen LogP contribution in [0.15, 0.2) is 77.9 Å². The van der Waals surface area contributed by atoms with Crippen molar-refractivity contribution in [3.8, 4) is 11.1 Å². The third-order valence-corrected chi connectivity index (χ3v) is 5.48. The lowest BCUT2D eigenvalue weighted by molar-refractivity contribution is 1.05. The Morgan fingerprint density at radius 2 is 1.33 bits per heavy atom. The van der Waals surface area contributed by atoms with E-state index in [-0.39, 0.29) is 0 Å². The minimum atomic E-state index is 0.346. The number of hydrogen-bond acceptors (Lipinski definition) is 2. The smallest absolute Gasteiger partial charge is 0.0517 e. The molecule has 0 unspecified atom stereocenters. The maximum atomic E-state index is 8.87. The molecule has 0 fully saturated rings. The molecule has 0 aliphatic rings. The van der Waals surface area contributed by atoms with Gasteiger partial charge in [0, 0.05) is 10.7 Å². The topological polar surface area (TPSA) is 48.8 Å². The van der Waals surface area contributed by atoms with Crippen molar-refractivity contribution in [2.45, 2.75) is 12.3 Å². The van der Waals surface area contributed by atoms with Crippen LogP contribution in [-0.2, 0) is 12.3 Å². The molecule has 0 N–H and O–H groups in total. The van der Waals surface area contributed by atoms with E-state index in [1.165, 1.54) is 38.2 Å². The molecule has 4 heteroatoms. The van der Waals surface area contributed by atoms with Crippen molar-refractivity contribution in [3.63, 3.8) is 0 Å². The molecule has 132 valence electrons. The Labute approximate surface area is 162 Å². The molecule has 0 aliphatic carbocycles. The minimum Gasteiger partial charge on any atom is -0.161 e. The third-order valence-electron chi connectivity index (χ3n) is 4.88. The SMILES string of the molecule is CSCc1ccc2ccccc2c1-c1c(CN=[N+]=[N-])ccc2ccccc12. The van der Waals surface area contributed by atoms with Crippen LogP contribution in [-0.4, -0.2) is 6.26 Å². The van der Waals surface area contributed by atoms with E-state index in [1.807, 2.05) is 11.8 Å². The Kier molecular flexibility index (Phi) is 5.01. The predicted molar refractivity (Wildman–Crippen MR) is 117 cm³/mol. The number of hydrogen-bond donors (Lipinski definition) is 0. The van der Waals surface area contributed by atoms with Crippen LogP contribution < -0.4 is 0 Å². The molecular formula is C23H19N3S. The van der Waals surface area contributed by atoms with E-state index in [0.29, 0.717) is 6.54 Å². The van der Waals surface area contributed by atoms with Crippen LogP contribution in [0.25, 0.3) is 43.1 Å². The van der Waals surface area contributed by atoms with Crippen LogP contribution >= 0.6 is 11.8 Å². The first-order chi connectivity index (χ1) is 13.3. The summed E-state index contributed by atoms with van der Waals surface area (Å²) >= 11 is 1.82. The molecule has 0 radical (unpaired) electrons. The van der Waals surface area contributed by atoms with Gasteiger partial charge in [-0.1, -0.05) is 77.9 Å². The maximum Gasteiger partial charge on any atom is 0.0517 e. The van der Waals surface area contributed by atoms with E-state index in [2.05, 4.69) is 89.1 Å². The molecule has 4 aromatic carbocycles. The fourth-order valence-corrected chi connectivity index (χ4v) is 4.29. The van der Waals surface area contributed by atoms with Gasteiger partial charge < -0.3 is 0 Å². The molecule has 0 bridgehead atoms. The molecular weight excluding hydrogens is 350 g/mol. The summed E-state index contributed by atoms with van der Waals surface area (Å²) in [5.41, 5.74) is 13.7. The van der Waals surface area contributed by atoms with E-state index >= 15 is 0 Å². The maximum absolute atomic E-state index is 8.87. The molecule has 0 amide bonds. The zero-order valence-corrected chi connectivity index (χ0v) is 15.9. The van der Waals surface area contributed by atoms with Gasteiger partial charge in [0.2, 0.25) is 0 Å². The Hall–Kier alpha value is -2.94. The molecule has 0 heterocycles. The number of thioether (sulfide) groups is 1. The van der Waals surface area contributed by atoms with Gasteiger partial charge in [-0.05, 0) is 55.6 Å². The molecule has 4 aromatic rings. The fourth-order valence-electron chi connectivity index (χ4n) is 3.74. The Morgan fingerprint density at radius 3 is 1.93 bits per heavy atom. The normalized spacial score (nSPS) is 10.9. The average Bonchev–Trinajstić information content (AvgIpc) is 2.72. The summed E-state index contributed by atoms with van der Waals surface area (Å²) in [4.78, 5) is 2.99. The molecule has 0 saturated heterocycles. The highest BCUT2D eigenvalue weighted by atomic mass is 32.2. The second-order valence-electron chi connectivity index (χ2n) is 6.46. The number of azide groups is 1. The average molecular weight is 369 g/mol. The standard InChI is InChI=1S/C23H19N3S/c1-27-15-19-13-11-17-7-3-5-9-21(17)23(19)22-18(14-25-26-24)12-10-16-6-2-4-8-20(16)22/h2-13H,14-15H2,1H3. The van der Waals surface area contributed by atoms with Gasteiger partial charge in [0.15, 0.2) is 0 Å². The molecule has 0 spiro atoms. The van der Waals surface area contributed by atoms with Crippen LogP contribution in [0.3, 0.4) is 0 Å². The van der Waals surface area contributed by atoms with Crippen molar-refractivity contribution < 1.29 is 0 Å². The Bertz CT molecular complexity index is 1180. The number of benzene rings is 4. The summed E-state index contributed by atoms with van der Waals surface area (Å²) in [5, 5.41) is 8.72. The van der Waals surface area contributed by atoms with Crippen molar-refractivity contribution >= 4 is 33.3 Å². The van der Waals surface area contributed by atoms with Crippen LogP contribution in [0.4, 0.5) is 0 Å². The van der Waals surface area contributed by atoms with Crippen molar-refractivity contribution in [1.29, 1.82) is 0 Å². The summed E-state index contributed by atoms with van der Waals surface area (Å²) < 4.78 is 0. The van der Waals surface area contributed by atoms with Gasteiger partial charge in [-0.2, -0.15) is 11.8 Å². The molecule has 0 aromatic heterocycles. The summed E-state index contributed by atoms with van der Waals surface area (Å²) in [5.74, 6) is 0.935. The highest BCUT2D eigenvalue weighted by Crippen LogP contribution is 2.40. The third kappa shape index (κ3) is 3.25. The predicted octanol–water partition coefficient (Wildman–Crippen LogP) is 7.33. The number of rotatable bonds is 5. The molecule has 4 rings (SSSR count). The van der Waals surface area contributed by atoms with Gasteiger partial charge in [0.1, 0.15) is 0 Å². The van der Waals surface area contributed by atoms with E-state index in [4.69, 9.17) is 5.53 Å². The number of nitrogens with zero attached hydrogens (tertiary/aromatic N) is 3. The van der Waals surface area contributed by atoms with Gasteiger partial charge >= 0.3 is 0 Å². The van der Waals surface area contributed by atoms with Gasteiger partial charge in [-0.15, -0.1) is 0 Å². The van der Waals surface area contributed by atoms with Crippen molar-refractivity contribution in [1.82, 2.24) is 0 Å². The van der Waals surface area contributed by atoms with Crippen molar-refractivity contribution in [2.75, 3.05) is 6.26 Å². The second kappa shape index (κ2) is 7.75. The fraction of sp³-hybridized carbons (Fsp3) is 0.130. The highest BCUT2D eigenvalue weighted by molar-refractivity contribution is 7.97. The van der Waals surface area contributed by atoms with E-state index in [9.17, 15) is 0 Å². The number of fused-ring (bicyclic) bond motifs is 2. The first kappa shape index (κ1) is 17.5. The molecule has 27 heavy (non-hydrogen) atoms. The van der Waals surface area contributed by atoms with E-state index < -0.39 is 0 Å². The second-order valence-corrected chi connectivity index (χ2v) is 7.33. The van der Waals surface area contributed by atoms with Gasteiger partial charge in [0.05, 0.1) is 6.54 Å². The summed E-state index contributed by atoms with van der Waals surface area (Å²) in [7, 11) is 0. The molecule has 3 nitrogen and oxygen atoms in total. The molecule has 0 atom stereocenters. The highest BCUT2D eigenvalue weighted by Gasteiger charge is 2.16. The van der Waals surface area contributed by atoms with Crippen LogP contribution in [0, 0.1) is 0 Å². The lowest BCUT2D eigenvalue weighted by atomic mass is 9.87. The van der Waals surface area contributed by atoms with Crippen molar-refractivity contribution in [3.05, 3.63) is 94.4 Å². The minimum absolute atomic E-state index is 0.346. The summed E-state index contributed by atoms with van der Waals surface area (Å²) in [6.07, 6.45) is 2.13. The zero-order valence-electron chi connectivity index (χ0n) is 15.1. The first-order valence-electron chi connectivity index (χ1n) is 8.85. The lowest BCUT2D eigenvalue weighted by Gasteiger charge is -2.18. The first-order valence-corrected chi connectivity index (χ1v) is 10.2. The zero-order chi connectivity index (χ0) is 18.6. The van der Waals surface area contributed by atoms with E-state index in [1.54, 1.807) is 0 Å². The van der Waals surface area contributed by atoms with Crippen LogP contribution in [0.2, 0.25) is 0 Å². The van der Waals surface area contributed by atoms with Crippen LogP contribution in [0.5, 0.6) is 0 Å². The van der Waals surface area contributed by atoms with Gasteiger partial charge in [0.25, 0.3) is 0 Å². The quantitative estimate of drug-likeness (QED) is 0.206. The molecule has 0 saturated carbocycles. The summed E-state index contributed by atoms with van der Waals surface area (Å²) in [6, 6.07) is 25.6. The largest absolute Gasteiger partial charge is 0.161 e. The summed E-state index contributed by atoms with van der Waals surface area (Å²) in [6.45, 7) is 0.346. The molecule has 0 aliphatic heterocycles. The Morgan fingerprint density at radius 1 is 0.778 bits per heavy atom. The lowest BCUT2D eigenvalue weighted by Crippen LogP contribution is -1.96. The Balaban J connectivity index is 2.15. The van der Waals surface area contributed by atoms with E-state index in [0.717, 1.165) is 11.3 Å². The van der Waals surface area contributed by atoms with Crippen LogP contribution in [0.1, 0.15) is 11.1 Å². The monoisotopic (exact) mass is 369 g/mol. The van der Waals surface area contributed by atoms with Crippen molar-refractivity contribution in [2.24, 2.45) is 5.11 Å². The van der Waals surface area contributed by atoms with Gasteiger partial charge in [-0.25, -0.2) is 0 Å². The van der Waals surface area contributed by atoms with Gasteiger partial charge in [-0.3, -0.25) is 0 Å².